The quantitative estimate of drug-likeness (QED) is 0.625. The van der Waals surface area contributed by atoms with Gasteiger partial charge in [-0.1, -0.05) is 6.07 Å². The van der Waals surface area contributed by atoms with Crippen molar-refractivity contribution in [1.82, 2.24) is 9.78 Å². The van der Waals surface area contributed by atoms with E-state index in [-0.39, 0.29) is 18.0 Å². The van der Waals surface area contributed by atoms with Crippen molar-refractivity contribution in [3.63, 3.8) is 0 Å². The summed E-state index contributed by atoms with van der Waals surface area (Å²) in [5, 5.41) is 15.0. The zero-order valence-corrected chi connectivity index (χ0v) is 10.2. The van der Waals surface area contributed by atoms with E-state index in [4.69, 9.17) is 10.5 Å². The van der Waals surface area contributed by atoms with Gasteiger partial charge in [0.15, 0.2) is 5.75 Å². The maximum Gasteiger partial charge on any atom is 0.311 e. The predicted octanol–water partition coefficient (Wildman–Crippen LogP) is 1.33. The fourth-order valence-corrected chi connectivity index (χ4v) is 1.64. The first-order valence-electron chi connectivity index (χ1n) is 5.78. The van der Waals surface area contributed by atoms with Gasteiger partial charge in [-0.15, -0.1) is 0 Å². The van der Waals surface area contributed by atoms with Gasteiger partial charge in [0.1, 0.15) is 6.61 Å². The van der Waals surface area contributed by atoms with Crippen LogP contribution in [0.15, 0.2) is 36.7 Å². The van der Waals surface area contributed by atoms with Crippen LogP contribution in [-0.4, -0.2) is 21.3 Å². The van der Waals surface area contributed by atoms with Crippen LogP contribution < -0.4 is 10.5 Å². The van der Waals surface area contributed by atoms with Crippen LogP contribution in [0.5, 0.6) is 5.75 Å². The van der Waals surface area contributed by atoms with Crippen LogP contribution in [0.25, 0.3) is 0 Å². The molecule has 0 saturated heterocycles. The highest BCUT2D eigenvalue weighted by Gasteiger charge is 2.15. The number of nitrogens with two attached hydrogens (primary N) is 1. The maximum absolute atomic E-state index is 10.9. The van der Waals surface area contributed by atoms with Crippen LogP contribution in [0.3, 0.4) is 0 Å². The van der Waals surface area contributed by atoms with Crippen LogP contribution in [0.2, 0.25) is 0 Å². The van der Waals surface area contributed by atoms with E-state index < -0.39 is 4.92 Å². The number of benzene rings is 1. The molecular weight excluding hydrogens is 248 g/mol. The van der Waals surface area contributed by atoms with Crippen LogP contribution in [0, 0.1) is 10.1 Å². The molecule has 0 fully saturated rings. The molecule has 0 amide bonds. The van der Waals surface area contributed by atoms with Gasteiger partial charge in [-0.05, 0) is 17.7 Å². The molecule has 0 bridgehead atoms. The standard InChI is InChI=1S/C12H14N4O3/c13-9-10-2-3-12(11(8-10)16(17)18)19-7-6-15-5-1-4-14-15/h1-5,8H,6-7,9,13H2. The van der Waals surface area contributed by atoms with Gasteiger partial charge in [-0.2, -0.15) is 5.10 Å². The lowest BCUT2D eigenvalue weighted by atomic mass is 10.2. The Bertz CT molecular complexity index is 554. The second kappa shape index (κ2) is 5.96. The third-order valence-corrected chi connectivity index (χ3v) is 2.59. The van der Waals surface area contributed by atoms with E-state index in [2.05, 4.69) is 5.10 Å². The zero-order chi connectivity index (χ0) is 13.7. The summed E-state index contributed by atoms with van der Waals surface area (Å²) in [5.41, 5.74) is 6.09. The van der Waals surface area contributed by atoms with Crippen LogP contribution in [0.4, 0.5) is 5.69 Å². The molecule has 7 nitrogen and oxygen atoms in total. The Morgan fingerprint density at radius 3 is 2.95 bits per heavy atom. The summed E-state index contributed by atoms with van der Waals surface area (Å²) in [4.78, 5) is 10.5. The highest BCUT2D eigenvalue weighted by atomic mass is 16.6. The van der Waals surface area contributed by atoms with E-state index >= 15 is 0 Å². The van der Waals surface area contributed by atoms with E-state index in [0.29, 0.717) is 18.7 Å². The van der Waals surface area contributed by atoms with Crippen molar-refractivity contribution in [3.05, 3.63) is 52.3 Å². The summed E-state index contributed by atoms with van der Waals surface area (Å²) >= 11 is 0. The van der Waals surface area contributed by atoms with E-state index in [0.717, 1.165) is 0 Å². The second-order valence-electron chi connectivity index (χ2n) is 3.88. The van der Waals surface area contributed by atoms with Crippen molar-refractivity contribution in [3.8, 4) is 5.75 Å². The van der Waals surface area contributed by atoms with Gasteiger partial charge < -0.3 is 10.5 Å². The van der Waals surface area contributed by atoms with Crippen LogP contribution in [0.1, 0.15) is 5.56 Å². The number of hydrogen-bond acceptors (Lipinski definition) is 5. The lowest BCUT2D eigenvalue weighted by molar-refractivity contribution is -0.385. The van der Waals surface area contributed by atoms with Gasteiger partial charge >= 0.3 is 5.69 Å². The number of nitro benzene ring substituents is 1. The third-order valence-electron chi connectivity index (χ3n) is 2.59. The van der Waals surface area contributed by atoms with Crippen molar-refractivity contribution in [2.45, 2.75) is 13.1 Å². The van der Waals surface area contributed by atoms with Gasteiger partial charge in [-0.3, -0.25) is 14.8 Å². The summed E-state index contributed by atoms with van der Waals surface area (Å²) < 4.78 is 7.12. The first-order valence-corrected chi connectivity index (χ1v) is 5.78. The van der Waals surface area contributed by atoms with E-state index in [9.17, 15) is 10.1 Å². The molecule has 0 aliphatic heterocycles. The molecule has 0 atom stereocenters. The Hall–Kier alpha value is -2.41. The molecule has 0 unspecified atom stereocenters. The van der Waals surface area contributed by atoms with E-state index in [1.54, 1.807) is 35.3 Å². The minimum Gasteiger partial charge on any atom is -0.485 e. The number of aromatic nitrogens is 2. The molecule has 1 heterocycles. The molecule has 100 valence electrons. The van der Waals surface area contributed by atoms with E-state index in [1.165, 1.54) is 6.07 Å². The summed E-state index contributed by atoms with van der Waals surface area (Å²) in [7, 11) is 0. The van der Waals surface area contributed by atoms with Crippen LogP contribution in [-0.2, 0) is 13.1 Å². The smallest absolute Gasteiger partial charge is 0.311 e. The first kappa shape index (κ1) is 13.0. The number of nitrogens with zero attached hydrogens (tertiary/aromatic N) is 3. The average Bonchev–Trinajstić information content (AvgIpc) is 2.92. The molecule has 1 aromatic heterocycles. The molecule has 1 aromatic carbocycles. The van der Waals surface area contributed by atoms with Crippen molar-refractivity contribution in [2.75, 3.05) is 6.61 Å². The fraction of sp³-hybridized carbons (Fsp3) is 0.250. The van der Waals surface area contributed by atoms with E-state index in [1.807, 2.05) is 0 Å². The van der Waals surface area contributed by atoms with Crippen LogP contribution >= 0.6 is 0 Å². The number of ether oxygens (including phenoxy) is 1. The normalized spacial score (nSPS) is 10.4. The Labute approximate surface area is 109 Å². The molecule has 0 radical (unpaired) electrons. The summed E-state index contributed by atoms with van der Waals surface area (Å²) in [6.07, 6.45) is 3.47. The Balaban J connectivity index is 2.04. The van der Waals surface area contributed by atoms with Gasteiger partial charge in [0.05, 0.1) is 11.5 Å². The summed E-state index contributed by atoms with van der Waals surface area (Å²) in [5.74, 6) is 0.245. The Kier molecular flexibility index (Phi) is 4.09. The Morgan fingerprint density at radius 1 is 1.47 bits per heavy atom. The maximum atomic E-state index is 10.9. The molecule has 19 heavy (non-hydrogen) atoms. The highest BCUT2D eigenvalue weighted by Crippen LogP contribution is 2.27. The van der Waals surface area contributed by atoms with Gasteiger partial charge in [0.25, 0.3) is 0 Å². The molecule has 0 saturated carbocycles. The van der Waals surface area contributed by atoms with Crippen molar-refractivity contribution in [2.24, 2.45) is 5.73 Å². The summed E-state index contributed by atoms with van der Waals surface area (Å²) in [6.45, 7) is 1.10. The average molecular weight is 262 g/mol. The number of nitro groups is 1. The minimum absolute atomic E-state index is 0.0663. The van der Waals surface area contributed by atoms with Gasteiger partial charge in [-0.25, -0.2) is 0 Å². The largest absolute Gasteiger partial charge is 0.485 e. The minimum atomic E-state index is -0.470. The van der Waals surface area contributed by atoms with Crippen molar-refractivity contribution >= 4 is 5.69 Å². The zero-order valence-electron chi connectivity index (χ0n) is 10.2. The number of hydrogen-bond donors (Lipinski definition) is 1. The Morgan fingerprint density at radius 2 is 2.32 bits per heavy atom. The van der Waals surface area contributed by atoms with Crippen molar-refractivity contribution < 1.29 is 9.66 Å². The molecule has 0 spiro atoms. The highest BCUT2D eigenvalue weighted by molar-refractivity contribution is 5.48. The molecule has 2 aromatic rings. The van der Waals surface area contributed by atoms with Gasteiger partial charge in [0.2, 0.25) is 0 Å². The third kappa shape index (κ3) is 3.29. The fourth-order valence-electron chi connectivity index (χ4n) is 1.64. The van der Waals surface area contributed by atoms with Crippen molar-refractivity contribution in [1.29, 1.82) is 0 Å². The number of rotatable bonds is 6. The van der Waals surface area contributed by atoms with Gasteiger partial charge in [0, 0.05) is 25.0 Å². The molecular formula is C12H14N4O3. The molecule has 2 rings (SSSR count). The summed E-state index contributed by atoms with van der Waals surface area (Å²) in [6, 6.07) is 6.53. The molecule has 0 aliphatic rings. The lowest BCUT2D eigenvalue weighted by Gasteiger charge is -2.08. The molecule has 0 aliphatic carbocycles. The monoisotopic (exact) mass is 262 g/mol. The lowest BCUT2D eigenvalue weighted by Crippen LogP contribution is -2.09. The molecule has 2 N–H and O–H groups in total. The second-order valence-corrected chi connectivity index (χ2v) is 3.88. The molecule has 7 heteroatoms. The SMILES string of the molecule is NCc1ccc(OCCn2cccn2)c([N+](=O)[O-])c1. The first-order chi connectivity index (χ1) is 9.20. The topological polar surface area (TPSA) is 96.2 Å². The predicted molar refractivity (Wildman–Crippen MR) is 68.7 cm³/mol.